The number of hydrogen-bond donors (Lipinski definition) is 1. The first-order valence-electron chi connectivity index (χ1n) is 9.99. The standard InChI is InChI=1S/C24H20N4O3/c29-24(18-7-5-17(6-8-18)16-28-12-2-11-25-28)27-23-4-1-3-20(26-23)19-9-10-21-22(15-19)31-14-13-30-21/h1-12,15H,13-14,16H2,(H,26,27,29). The van der Waals surface area contributed by atoms with E-state index >= 15 is 0 Å². The molecule has 5 rings (SSSR count). The lowest BCUT2D eigenvalue weighted by Gasteiger charge is -2.18. The number of aromatic nitrogens is 3. The zero-order chi connectivity index (χ0) is 21.0. The molecule has 0 fully saturated rings. The predicted octanol–water partition coefficient (Wildman–Crippen LogP) is 4.02. The molecule has 0 aliphatic carbocycles. The van der Waals surface area contributed by atoms with Crippen molar-refractivity contribution in [2.75, 3.05) is 18.5 Å². The van der Waals surface area contributed by atoms with E-state index in [9.17, 15) is 4.79 Å². The van der Waals surface area contributed by atoms with Crippen molar-refractivity contribution >= 4 is 11.7 Å². The summed E-state index contributed by atoms with van der Waals surface area (Å²) in [4.78, 5) is 17.3. The number of carbonyl (C=O) groups excluding carboxylic acids is 1. The average molecular weight is 412 g/mol. The van der Waals surface area contributed by atoms with Gasteiger partial charge in [-0.2, -0.15) is 5.10 Å². The van der Waals surface area contributed by atoms with E-state index in [1.807, 2.05) is 59.4 Å². The molecule has 0 saturated heterocycles. The van der Waals surface area contributed by atoms with Crippen molar-refractivity contribution in [3.05, 3.63) is 90.3 Å². The van der Waals surface area contributed by atoms with Gasteiger partial charge in [0.1, 0.15) is 19.0 Å². The van der Waals surface area contributed by atoms with E-state index in [1.165, 1.54) is 0 Å². The number of rotatable bonds is 5. The van der Waals surface area contributed by atoms with Crippen LogP contribution in [0.25, 0.3) is 11.3 Å². The van der Waals surface area contributed by atoms with Gasteiger partial charge in [-0.3, -0.25) is 9.48 Å². The van der Waals surface area contributed by atoms with Crippen LogP contribution in [0, 0.1) is 0 Å². The van der Waals surface area contributed by atoms with Crippen LogP contribution in [0.1, 0.15) is 15.9 Å². The lowest BCUT2D eigenvalue weighted by atomic mass is 10.1. The molecule has 3 heterocycles. The van der Waals surface area contributed by atoms with Crippen LogP contribution in [0.4, 0.5) is 5.82 Å². The normalized spacial score (nSPS) is 12.4. The Bertz CT molecular complexity index is 1200. The van der Waals surface area contributed by atoms with Gasteiger partial charge in [0.2, 0.25) is 0 Å². The summed E-state index contributed by atoms with van der Waals surface area (Å²) in [6, 6.07) is 20.6. The predicted molar refractivity (Wildman–Crippen MR) is 116 cm³/mol. The van der Waals surface area contributed by atoms with E-state index in [1.54, 1.807) is 24.4 Å². The zero-order valence-corrected chi connectivity index (χ0v) is 16.7. The number of pyridine rings is 1. The second-order valence-corrected chi connectivity index (χ2v) is 7.12. The van der Waals surface area contributed by atoms with Crippen LogP contribution in [0.2, 0.25) is 0 Å². The summed E-state index contributed by atoms with van der Waals surface area (Å²) in [6.45, 7) is 1.74. The molecule has 1 aliphatic heterocycles. The second-order valence-electron chi connectivity index (χ2n) is 7.12. The van der Waals surface area contributed by atoms with Crippen LogP contribution in [-0.2, 0) is 6.54 Å². The first kappa shape index (κ1) is 18.9. The van der Waals surface area contributed by atoms with Gasteiger partial charge in [-0.25, -0.2) is 4.98 Å². The molecule has 7 nitrogen and oxygen atoms in total. The number of carbonyl (C=O) groups is 1. The second kappa shape index (κ2) is 8.31. The molecule has 154 valence electrons. The van der Waals surface area contributed by atoms with Crippen molar-refractivity contribution < 1.29 is 14.3 Å². The van der Waals surface area contributed by atoms with Gasteiger partial charge in [-0.1, -0.05) is 18.2 Å². The fourth-order valence-electron chi connectivity index (χ4n) is 3.40. The first-order valence-corrected chi connectivity index (χ1v) is 9.99. The Morgan fingerprint density at radius 1 is 0.968 bits per heavy atom. The molecular formula is C24H20N4O3. The maximum Gasteiger partial charge on any atom is 0.256 e. The number of hydrogen-bond acceptors (Lipinski definition) is 5. The highest BCUT2D eigenvalue weighted by Crippen LogP contribution is 2.34. The minimum atomic E-state index is -0.211. The summed E-state index contributed by atoms with van der Waals surface area (Å²) in [6.07, 6.45) is 3.65. The summed E-state index contributed by atoms with van der Waals surface area (Å²) in [5, 5.41) is 7.07. The third-order valence-corrected chi connectivity index (χ3v) is 4.95. The van der Waals surface area contributed by atoms with E-state index in [0.717, 1.165) is 22.6 Å². The summed E-state index contributed by atoms with van der Waals surface area (Å²) < 4.78 is 13.1. The number of nitrogens with zero attached hydrogens (tertiary/aromatic N) is 3. The fraction of sp³-hybridized carbons (Fsp3) is 0.125. The van der Waals surface area contributed by atoms with Gasteiger partial charge in [-0.15, -0.1) is 0 Å². The zero-order valence-electron chi connectivity index (χ0n) is 16.7. The van der Waals surface area contributed by atoms with Crippen LogP contribution >= 0.6 is 0 Å². The Hall–Kier alpha value is -4.13. The summed E-state index contributed by atoms with van der Waals surface area (Å²) >= 11 is 0. The number of benzene rings is 2. The molecule has 1 amide bonds. The summed E-state index contributed by atoms with van der Waals surface area (Å²) in [7, 11) is 0. The molecule has 2 aromatic carbocycles. The number of amides is 1. The van der Waals surface area contributed by atoms with Gasteiger partial charge in [0.05, 0.1) is 12.2 Å². The molecule has 1 N–H and O–H groups in total. The third-order valence-electron chi connectivity index (χ3n) is 4.95. The monoisotopic (exact) mass is 412 g/mol. The molecule has 0 radical (unpaired) electrons. The summed E-state index contributed by atoms with van der Waals surface area (Å²) in [5.74, 6) is 1.71. The van der Waals surface area contributed by atoms with Gasteiger partial charge in [-0.05, 0) is 54.1 Å². The minimum Gasteiger partial charge on any atom is -0.486 e. The highest BCUT2D eigenvalue weighted by Gasteiger charge is 2.14. The van der Waals surface area contributed by atoms with Crippen LogP contribution in [-0.4, -0.2) is 33.9 Å². The van der Waals surface area contributed by atoms with Crippen LogP contribution < -0.4 is 14.8 Å². The van der Waals surface area contributed by atoms with Crippen molar-refractivity contribution in [3.8, 4) is 22.8 Å². The first-order chi connectivity index (χ1) is 15.2. The van der Waals surface area contributed by atoms with Gasteiger partial charge in [0, 0.05) is 23.5 Å². The number of anilines is 1. The van der Waals surface area contributed by atoms with E-state index in [-0.39, 0.29) is 5.91 Å². The number of nitrogens with one attached hydrogen (secondary N) is 1. The molecule has 4 aromatic rings. The van der Waals surface area contributed by atoms with Crippen molar-refractivity contribution in [1.82, 2.24) is 14.8 Å². The molecule has 0 unspecified atom stereocenters. The molecule has 31 heavy (non-hydrogen) atoms. The molecular weight excluding hydrogens is 392 g/mol. The molecule has 0 bridgehead atoms. The molecule has 0 saturated carbocycles. The molecule has 2 aromatic heterocycles. The fourth-order valence-corrected chi connectivity index (χ4v) is 3.40. The Morgan fingerprint density at radius 2 is 1.81 bits per heavy atom. The minimum absolute atomic E-state index is 0.211. The van der Waals surface area contributed by atoms with E-state index in [0.29, 0.717) is 36.9 Å². The topological polar surface area (TPSA) is 78.3 Å². The molecule has 0 spiro atoms. The lowest BCUT2D eigenvalue weighted by molar-refractivity contribution is 0.102. The van der Waals surface area contributed by atoms with Crippen LogP contribution in [0.5, 0.6) is 11.5 Å². The molecule has 7 heteroatoms. The van der Waals surface area contributed by atoms with Gasteiger partial charge < -0.3 is 14.8 Å². The van der Waals surface area contributed by atoms with Crippen molar-refractivity contribution in [2.45, 2.75) is 6.54 Å². The Labute approximate surface area is 179 Å². The van der Waals surface area contributed by atoms with Gasteiger partial charge >= 0.3 is 0 Å². The highest BCUT2D eigenvalue weighted by atomic mass is 16.6. The highest BCUT2D eigenvalue weighted by molar-refractivity contribution is 6.03. The number of fused-ring (bicyclic) bond motifs is 1. The van der Waals surface area contributed by atoms with Crippen LogP contribution in [0.3, 0.4) is 0 Å². The van der Waals surface area contributed by atoms with Crippen LogP contribution in [0.15, 0.2) is 79.1 Å². The number of ether oxygens (including phenoxy) is 2. The third kappa shape index (κ3) is 4.25. The van der Waals surface area contributed by atoms with E-state index in [2.05, 4.69) is 15.4 Å². The molecule has 1 aliphatic rings. The Balaban J connectivity index is 1.29. The summed E-state index contributed by atoms with van der Waals surface area (Å²) in [5.41, 5.74) is 3.27. The average Bonchev–Trinajstić information content (AvgIpc) is 3.32. The molecule has 0 atom stereocenters. The Kier molecular flexibility index (Phi) is 5.06. The maximum atomic E-state index is 12.7. The van der Waals surface area contributed by atoms with Gasteiger partial charge in [0.25, 0.3) is 5.91 Å². The SMILES string of the molecule is O=C(Nc1cccc(-c2ccc3c(c2)OCCO3)n1)c1ccc(Cn2cccn2)cc1. The van der Waals surface area contributed by atoms with Crippen molar-refractivity contribution in [2.24, 2.45) is 0 Å². The van der Waals surface area contributed by atoms with E-state index in [4.69, 9.17) is 9.47 Å². The maximum absolute atomic E-state index is 12.7. The van der Waals surface area contributed by atoms with E-state index < -0.39 is 0 Å². The largest absolute Gasteiger partial charge is 0.486 e. The van der Waals surface area contributed by atoms with Crippen molar-refractivity contribution in [1.29, 1.82) is 0 Å². The van der Waals surface area contributed by atoms with Gasteiger partial charge in [0.15, 0.2) is 11.5 Å². The quantitative estimate of drug-likeness (QED) is 0.536. The lowest BCUT2D eigenvalue weighted by Crippen LogP contribution is -2.15. The Morgan fingerprint density at radius 3 is 2.61 bits per heavy atom. The van der Waals surface area contributed by atoms with Crippen molar-refractivity contribution in [3.63, 3.8) is 0 Å². The smallest absolute Gasteiger partial charge is 0.256 e.